The predicted octanol–water partition coefficient (Wildman–Crippen LogP) is 3.50. The number of nitrogens with one attached hydrogen (secondary N) is 3. The van der Waals surface area contributed by atoms with Gasteiger partial charge in [-0.1, -0.05) is 0 Å². The Morgan fingerprint density at radius 1 is 1.02 bits per heavy atom. The predicted molar refractivity (Wildman–Crippen MR) is 154 cm³/mol. The van der Waals surface area contributed by atoms with Crippen molar-refractivity contribution in [2.75, 3.05) is 23.9 Å². The quantitative estimate of drug-likeness (QED) is 0.241. The summed E-state index contributed by atoms with van der Waals surface area (Å²) in [5, 5.41) is 18.5. The summed E-state index contributed by atoms with van der Waals surface area (Å²) in [6.07, 6.45) is 13.4. The van der Waals surface area contributed by atoms with Gasteiger partial charge in [0.15, 0.2) is 5.82 Å². The maximum absolute atomic E-state index is 12.6. The van der Waals surface area contributed by atoms with Gasteiger partial charge < -0.3 is 16.0 Å². The number of pyridine rings is 1. The normalized spacial score (nSPS) is 19.3. The second-order valence-electron chi connectivity index (χ2n) is 10.6. The van der Waals surface area contributed by atoms with Crippen LogP contribution in [0.25, 0.3) is 22.6 Å². The van der Waals surface area contributed by atoms with Crippen LogP contribution in [0.5, 0.6) is 0 Å². The topological polar surface area (TPSA) is 145 Å². The maximum Gasteiger partial charge on any atom is 0.256 e. The summed E-state index contributed by atoms with van der Waals surface area (Å²) >= 11 is 0. The van der Waals surface area contributed by atoms with Gasteiger partial charge in [-0.2, -0.15) is 14.3 Å². The summed E-state index contributed by atoms with van der Waals surface area (Å²) in [7, 11) is -1.59. The summed E-state index contributed by atoms with van der Waals surface area (Å²) in [6, 6.07) is 6.24. The van der Waals surface area contributed by atoms with Crippen LogP contribution in [0.3, 0.4) is 0 Å². The van der Waals surface area contributed by atoms with E-state index in [0.29, 0.717) is 48.5 Å². The first-order valence-corrected chi connectivity index (χ1v) is 15.3. The average molecular weight is 581 g/mol. The summed E-state index contributed by atoms with van der Waals surface area (Å²) in [5.74, 6) is 1.45. The van der Waals surface area contributed by atoms with Crippen LogP contribution in [-0.4, -0.2) is 72.9 Å². The monoisotopic (exact) mass is 580 g/mol. The smallest absolute Gasteiger partial charge is 0.256 e. The number of alkyl halides is 1. The van der Waals surface area contributed by atoms with Gasteiger partial charge in [-0.15, -0.1) is 0 Å². The van der Waals surface area contributed by atoms with Gasteiger partial charge in [0, 0.05) is 61.6 Å². The third-order valence-electron chi connectivity index (χ3n) is 7.44. The first-order chi connectivity index (χ1) is 19.9. The molecule has 4 aromatic rings. The van der Waals surface area contributed by atoms with E-state index in [1.54, 1.807) is 23.1 Å². The van der Waals surface area contributed by atoms with Gasteiger partial charge in [-0.05, 0) is 50.7 Å². The number of anilines is 3. The molecule has 2 saturated carbocycles. The zero-order valence-electron chi connectivity index (χ0n) is 22.7. The molecule has 41 heavy (non-hydrogen) atoms. The van der Waals surface area contributed by atoms with Crippen LogP contribution in [0, 0.1) is 0 Å². The highest BCUT2D eigenvalue weighted by Gasteiger charge is 2.37. The Hall–Kier alpha value is -3.91. The molecule has 0 radical (unpaired) electrons. The highest BCUT2D eigenvalue weighted by atomic mass is 32.2. The summed E-state index contributed by atoms with van der Waals surface area (Å²) in [4.78, 5) is 13.5. The third kappa shape index (κ3) is 6.22. The Morgan fingerprint density at radius 2 is 1.83 bits per heavy atom. The van der Waals surface area contributed by atoms with Gasteiger partial charge >= 0.3 is 0 Å². The first kappa shape index (κ1) is 27.3. The SMILES string of the molecule is Cn1ccc(-c2cnc(Nc3ccnc(-c4cnn(S(=O)(=O)C5CC5)c4)n3)cc2NC2CCC(NCCF)CC2)n1. The molecule has 0 bridgehead atoms. The largest absolute Gasteiger partial charge is 0.382 e. The van der Waals surface area contributed by atoms with Crippen molar-refractivity contribution in [3.8, 4) is 22.6 Å². The van der Waals surface area contributed by atoms with Gasteiger partial charge in [0.25, 0.3) is 10.0 Å². The zero-order chi connectivity index (χ0) is 28.4. The van der Waals surface area contributed by atoms with Crippen molar-refractivity contribution < 1.29 is 12.8 Å². The second-order valence-corrected chi connectivity index (χ2v) is 12.6. The molecule has 6 rings (SSSR count). The van der Waals surface area contributed by atoms with Crippen LogP contribution in [0.4, 0.5) is 21.7 Å². The fraction of sp³-hybridized carbons (Fsp3) is 0.444. The number of aromatic nitrogens is 7. The van der Waals surface area contributed by atoms with E-state index in [1.807, 2.05) is 25.4 Å². The molecule has 0 atom stereocenters. The number of nitrogens with zero attached hydrogens (tertiary/aromatic N) is 7. The maximum atomic E-state index is 12.6. The van der Waals surface area contributed by atoms with E-state index in [0.717, 1.165) is 46.7 Å². The molecule has 216 valence electrons. The van der Waals surface area contributed by atoms with E-state index in [1.165, 1.54) is 12.4 Å². The Bertz CT molecular complexity index is 1610. The van der Waals surface area contributed by atoms with Crippen LogP contribution < -0.4 is 16.0 Å². The minimum absolute atomic E-state index is 0.269. The number of halogens is 1. The van der Waals surface area contributed by atoms with E-state index >= 15 is 0 Å². The zero-order valence-corrected chi connectivity index (χ0v) is 23.6. The number of rotatable bonds is 11. The summed E-state index contributed by atoms with van der Waals surface area (Å²) in [6.45, 7) is 0.0524. The molecule has 0 unspecified atom stereocenters. The Morgan fingerprint density at radius 3 is 2.56 bits per heavy atom. The van der Waals surface area contributed by atoms with Gasteiger partial charge in [-0.25, -0.2) is 27.8 Å². The van der Waals surface area contributed by atoms with Crippen LogP contribution >= 0.6 is 0 Å². The third-order valence-corrected chi connectivity index (χ3v) is 9.48. The average Bonchev–Trinajstić information content (AvgIpc) is 3.57. The van der Waals surface area contributed by atoms with Crippen molar-refractivity contribution in [2.45, 2.75) is 55.9 Å². The molecule has 4 heterocycles. The van der Waals surface area contributed by atoms with Crippen molar-refractivity contribution in [2.24, 2.45) is 7.05 Å². The lowest BCUT2D eigenvalue weighted by molar-refractivity contribution is 0.339. The molecule has 0 aromatic carbocycles. The standard InChI is InChI=1S/C27H33FN10O2S/c1-37-13-9-23(36-37)22-16-31-26(14-24(22)33-20-4-2-19(3-5-20)29-12-10-28)34-25-8-11-30-27(35-25)18-15-32-38(17-18)41(39,40)21-6-7-21/h8-9,11,13-17,19-21,29H,2-7,10,12H2,1H3,(H2,30,31,33,34,35). The van der Waals surface area contributed by atoms with Gasteiger partial charge in [0.1, 0.15) is 18.3 Å². The molecule has 2 fully saturated rings. The summed E-state index contributed by atoms with van der Waals surface area (Å²) in [5.41, 5.74) is 3.12. The van der Waals surface area contributed by atoms with Crippen molar-refractivity contribution in [1.29, 1.82) is 0 Å². The Labute approximate surface area is 237 Å². The Balaban J connectivity index is 1.21. The van der Waals surface area contributed by atoms with Gasteiger partial charge in [0.2, 0.25) is 0 Å². The lowest BCUT2D eigenvalue weighted by Gasteiger charge is -2.30. The van der Waals surface area contributed by atoms with Crippen molar-refractivity contribution in [3.05, 3.63) is 49.2 Å². The van der Waals surface area contributed by atoms with E-state index in [-0.39, 0.29) is 18.0 Å². The second kappa shape index (κ2) is 11.5. The van der Waals surface area contributed by atoms with Gasteiger partial charge in [0.05, 0.1) is 28.9 Å². The molecular formula is C27H33FN10O2S. The minimum atomic E-state index is -3.47. The van der Waals surface area contributed by atoms with Crippen LogP contribution in [0.15, 0.2) is 49.2 Å². The number of hydrogen-bond donors (Lipinski definition) is 3. The van der Waals surface area contributed by atoms with E-state index in [2.05, 4.69) is 41.1 Å². The van der Waals surface area contributed by atoms with Crippen LogP contribution in [-0.2, 0) is 17.1 Å². The van der Waals surface area contributed by atoms with Crippen molar-refractivity contribution in [1.82, 2.24) is 39.2 Å². The minimum Gasteiger partial charge on any atom is -0.382 e. The van der Waals surface area contributed by atoms with Crippen LogP contribution in [0.2, 0.25) is 0 Å². The Kier molecular flexibility index (Phi) is 7.67. The molecule has 14 heteroatoms. The van der Waals surface area contributed by atoms with Crippen molar-refractivity contribution >= 4 is 27.3 Å². The molecule has 0 saturated heterocycles. The molecule has 0 aliphatic heterocycles. The van der Waals surface area contributed by atoms with E-state index in [9.17, 15) is 12.8 Å². The van der Waals surface area contributed by atoms with Crippen molar-refractivity contribution in [3.63, 3.8) is 0 Å². The van der Waals surface area contributed by atoms with E-state index in [4.69, 9.17) is 0 Å². The van der Waals surface area contributed by atoms with Gasteiger partial charge in [-0.3, -0.25) is 4.68 Å². The number of aryl methyl sites for hydroxylation is 1. The highest BCUT2D eigenvalue weighted by Crippen LogP contribution is 2.33. The fourth-order valence-electron chi connectivity index (χ4n) is 5.10. The first-order valence-electron chi connectivity index (χ1n) is 13.8. The molecule has 2 aliphatic rings. The molecule has 2 aliphatic carbocycles. The number of hydrogen-bond acceptors (Lipinski definition) is 10. The van der Waals surface area contributed by atoms with Crippen LogP contribution in [0.1, 0.15) is 38.5 Å². The fourth-order valence-corrected chi connectivity index (χ4v) is 6.58. The molecule has 0 amide bonds. The lowest BCUT2D eigenvalue weighted by Crippen LogP contribution is -2.37. The molecule has 12 nitrogen and oxygen atoms in total. The molecule has 3 N–H and O–H groups in total. The van der Waals surface area contributed by atoms with E-state index < -0.39 is 10.0 Å². The molecule has 4 aromatic heterocycles. The molecule has 0 spiro atoms. The highest BCUT2D eigenvalue weighted by molar-refractivity contribution is 7.90. The summed E-state index contributed by atoms with van der Waals surface area (Å²) < 4.78 is 40.4. The lowest BCUT2D eigenvalue weighted by atomic mass is 9.91. The molecular weight excluding hydrogens is 547 g/mol.